The maximum atomic E-state index is 4.53. The van der Waals surface area contributed by atoms with E-state index in [0.717, 1.165) is 17.5 Å². The van der Waals surface area contributed by atoms with Gasteiger partial charge in [-0.3, -0.25) is 4.90 Å². The van der Waals surface area contributed by atoms with Crippen LogP contribution in [0.3, 0.4) is 0 Å². The van der Waals surface area contributed by atoms with E-state index in [1.54, 1.807) is 0 Å². The zero-order valence-electron chi connectivity index (χ0n) is 12.4. The van der Waals surface area contributed by atoms with Crippen LogP contribution in [0.2, 0.25) is 0 Å². The van der Waals surface area contributed by atoms with Gasteiger partial charge in [0.15, 0.2) is 0 Å². The van der Waals surface area contributed by atoms with Crippen molar-refractivity contribution in [3.63, 3.8) is 0 Å². The SMILES string of the molecule is CC(c1cnn(-c2ccccc2)c1)N1CC2CNCC2C1. The number of hydrogen-bond donors (Lipinski definition) is 1. The fourth-order valence-corrected chi connectivity index (χ4v) is 3.69. The summed E-state index contributed by atoms with van der Waals surface area (Å²) in [4.78, 5) is 2.61. The summed E-state index contributed by atoms with van der Waals surface area (Å²) in [5.74, 6) is 1.69. The number of likely N-dealkylation sites (tertiary alicyclic amines) is 1. The molecule has 110 valence electrons. The van der Waals surface area contributed by atoms with Gasteiger partial charge >= 0.3 is 0 Å². The Kier molecular flexibility index (Phi) is 3.28. The van der Waals surface area contributed by atoms with Crippen LogP contribution in [0.4, 0.5) is 0 Å². The van der Waals surface area contributed by atoms with Crippen molar-refractivity contribution < 1.29 is 0 Å². The summed E-state index contributed by atoms with van der Waals surface area (Å²) in [5, 5.41) is 8.03. The van der Waals surface area contributed by atoms with Crippen molar-refractivity contribution in [1.29, 1.82) is 0 Å². The Hall–Kier alpha value is -1.65. The first-order chi connectivity index (χ1) is 10.3. The molecule has 0 saturated carbocycles. The normalized spacial score (nSPS) is 26.9. The van der Waals surface area contributed by atoms with E-state index in [-0.39, 0.29) is 0 Å². The van der Waals surface area contributed by atoms with E-state index in [9.17, 15) is 0 Å². The minimum atomic E-state index is 0.452. The lowest BCUT2D eigenvalue weighted by atomic mass is 10.0. The van der Waals surface area contributed by atoms with Crippen molar-refractivity contribution in [2.75, 3.05) is 26.2 Å². The summed E-state index contributed by atoms with van der Waals surface area (Å²) < 4.78 is 1.98. The number of hydrogen-bond acceptors (Lipinski definition) is 3. The van der Waals surface area contributed by atoms with Gasteiger partial charge in [-0.25, -0.2) is 4.68 Å². The van der Waals surface area contributed by atoms with Gasteiger partial charge in [0.25, 0.3) is 0 Å². The van der Waals surface area contributed by atoms with Gasteiger partial charge in [0, 0.05) is 30.9 Å². The lowest BCUT2D eigenvalue weighted by Crippen LogP contribution is -2.28. The summed E-state index contributed by atoms with van der Waals surface area (Å²) in [6, 6.07) is 10.8. The fourth-order valence-electron chi connectivity index (χ4n) is 3.69. The largest absolute Gasteiger partial charge is 0.316 e. The molecule has 0 aliphatic carbocycles. The van der Waals surface area contributed by atoms with Crippen LogP contribution in [0.15, 0.2) is 42.7 Å². The number of aromatic nitrogens is 2. The highest BCUT2D eigenvalue weighted by Gasteiger charge is 2.38. The Balaban J connectivity index is 1.51. The standard InChI is InChI=1S/C17H22N4/c1-13(20-10-15-7-18-8-16(15)11-20)14-9-19-21(12-14)17-5-3-2-4-6-17/h2-6,9,12-13,15-16,18H,7-8,10-11H2,1H3. The molecule has 2 saturated heterocycles. The van der Waals surface area contributed by atoms with Crippen LogP contribution in [-0.2, 0) is 0 Å². The second-order valence-electron chi connectivity index (χ2n) is 6.36. The zero-order chi connectivity index (χ0) is 14.2. The van der Waals surface area contributed by atoms with Gasteiger partial charge in [-0.15, -0.1) is 0 Å². The topological polar surface area (TPSA) is 33.1 Å². The molecule has 1 aromatic heterocycles. The van der Waals surface area contributed by atoms with Crippen LogP contribution in [0.5, 0.6) is 0 Å². The zero-order valence-corrected chi connectivity index (χ0v) is 12.4. The van der Waals surface area contributed by atoms with E-state index in [4.69, 9.17) is 0 Å². The number of rotatable bonds is 3. The first kappa shape index (κ1) is 13.0. The van der Waals surface area contributed by atoms with Crippen LogP contribution in [0, 0.1) is 11.8 Å². The first-order valence-corrected chi connectivity index (χ1v) is 7.86. The molecule has 2 aliphatic rings. The molecule has 3 heterocycles. The van der Waals surface area contributed by atoms with Crippen molar-refractivity contribution >= 4 is 0 Å². The molecule has 21 heavy (non-hydrogen) atoms. The van der Waals surface area contributed by atoms with Crippen LogP contribution in [-0.4, -0.2) is 40.9 Å². The van der Waals surface area contributed by atoms with Gasteiger partial charge < -0.3 is 5.32 Å². The summed E-state index contributed by atoms with van der Waals surface area (Å²) in [6.07, 6.45) is 4.19. The third-order valence-electron chi connectivity index (χ3n) is 5.07. The van der Waals surface area contributed by atoms with Crippen molar-refractivity contribution in [2.45, 2.75) is 13.0 Å². The maximum absolute atomic E-state index is 4.53. The van der Waals surface area contributed by atoms with Crippen molar-refractivity contribution in [1.82, 2.24) is 20.0 Å². The highest BCUT2D eigenvalue weighted by atomic mass is 15.3. The Labute approximate surface area is 125 Å². The molecule has 3 atom stereocenters. The van der Waals surface area contributed by atoms with Crippen LogP contribution in [0.1, 0.15) is 18.5 Å². The van der Waals surface area contributed by atoms with Crippen molar-refractivity contribution in [3.8, 4) is 5.69 Å². The van der Waals surface area contributed by atoms with E-state index < -0.39 is 0 Å². The molecule has 4 heteroatoms. The Morgan fingerprint density at radius 1 is 1.14 bits per heavy atom. The molecule has 4 rings (SSSR count). The Bertz CT molecular complexity index is 594. The number of para-hydroxylation sites is 1. The summed E-state index contributed by atoms with van der Waals surface area (Å²) in [7, 11) is 0. The third kappa shape index (κ3) is 2.39. The Morgan fingerprint density at radius 2 is 1.86 bits per heavy atom. The van der Waals surface area contributed by atoms with Crippen LogP contribution >= 0.6 is 0 Å². The highest BCUT2D eigenvalue weighted by molar-refractivity contribution is 5.31. The van der Waals surface area contributed by atoms with Crippen molar-refractivity contribution in [3.05, 3.63) is 48.3 Å². The van der Waals surface area contributed by atoms with E-state index in [1.165, 1.54) is 31.7 Å². The third-order valence-corrected chi connectivity index (χ3v) is 5.07. The fraction of sp³-hybridized carbons (Fsp3) is 0.471. The molecule has 0 spiro atoms. The lowest BCUT2D eigenvalue weighted by molar-refractivity contribution is 0.244. The number of fused-ring (bicyclic) bond motifs is 1. The van der Waals surface area contributed by atoms with Crippen LogP contribution < -0.4 is 5.32 Å². The molecule has 3 unspecified atom stereocenters. The molecule has 0 radical (unpaired) electrons. The summed E-state index contributed by atoms with van der Waals surface area (Å²) >= 11 is 0. The number of nitrogens with zero attached hydrogens (tertiary/aromatic N) is 3. The van der Waals surface area contributed by atoms with Gasteiger partial charge in [-0.05, 0) is 44.0 Å². The average Bonchev–Trinajstić information content (AvgIpc) is 3.22. The number of benzene rings is 1. The van der Waals surface area contributed by atoms with Gasteiger partial charge in [-0.2, -0.15) is 5.10 Å². The monoisotopic (exact) mass is 282 g/mol. The molecule has 1 N–H and O–H groups in total. The van der Waals surface area contributed by atoms with E-state index >= 15 is 0 Å². The lowest BCUT2D eigenvalue weighted by Gasteiger charge is -2.24. The molecule has 0 bridgehead atoms. The molecule has 2 aromatic rings. The average molecular weight is 282 g/mol. The maximum Gasteiger partial charge on any atom is 0.0645 e. The van der Waals surface area contributed by atoms with Crippen LogP contribution in [0.25, 0.3) is 5.69 Å². The van der Waals surface area contributed by atoms with Gasteiger partial charge in [0.1, 0.15) is 0 Å². The summed E-state index contributed by atoms with van der Waals surface area (Å²) in [5.41, 5.74) is 2.44. The quantitative estimate of drug-likeness (QED) is 0.936. The molecular weight excluding hydrogens is 260 g/mol. The predicted molar refractivity (Wildman–Crippen MR) is 83.4 cm³/mol. The van der Waals surface area contributed by atoms with Crippen molar-refractivity contribution in [2.24, 2.45) is 11.8 Å². The van der Waals surface area contributed by atoms with E-state index in [2.05, 4.69) is 52.7 Å². The van der Waals surface area contributed by atoms with E-state index in [0.29, 0.717) is 6.04 Å². The summed E-state index contributed by atoms with van der Waals surface area (Å²) in [6.45, 7) is 7.12. The second kappa shape index (κ2) is 5.28. The van der Waals surface area contributed by atoms with Gasteiger partial charge in [0.2, 0.25) is 0 Å². The number of nitrogens with one attached hydrogen (secondary N) is 1. The van der Waals surface area contributed by atoms with E-state index in [1.807, 2.05) is 16.9 Å². The molecular formula is C17H22N4. The predicted octanol–water partition coefficient (Wildman–Crippen LogP) is 2.08. The second-order valence-corrected chi connectivity index (χ2v) is 6.36. The molecule has 2 fully saturated rings. The minimum Gasteiger partial charge on any atom is -0.316 e. The first-order valence-electron chi connectivity index (χ1n) is 7.86. The molecule has 2 aliphatic heterocycles. The van der Waals surface area contributed by atoms with Gasteiger partial charge in [0.05, 0.1) is 11.9 Å². The van der Waals surface area contributed by atoms with Gasteiger partial charge in [-0.1, -0.05) is 18.2 Å². The molecule has 1 aromatic carbocycles. The molecule has 4 nitrogen and oxygen atoms in total. The Morgan fingerprint density at radius 3 is 2.57 bits per heavy atom. The smallest absolute Gasteiger partial charge is 0.0645 e. The highest BCUT2D eigenvalue weighted by Crippen LogP contribution is 2.32. The molecule has 0 amide bonds. The minimum absolute atomic E-state index is 0.452.